The van der Waals surface area contributed by atoms with Crippen LogP contribution in [0.5, 0.6) is 0 Å². The van der Waals surface area contributed by atoms with E-state index < -0.39 is 10.0 Å². The Morgan fingerprint density at radius 1 is 1.04 bits per heavy atom. The Kier molecular flexibility index (Phi) is 4.38. The van der Waals surface area contributed by atoms with Crippen LogP contribution in [-0.4, -0.2) is 86.0 Å². The van der Waals surface area contributed by atoms with Gasteiger partial charge in [-0.1, -0.05) is 0 Å². The molecule has 0 bridgehead atoms. The summed E-state index contributed by atoms with van der Waals surface area (Å²) in [5.74, 6) is 0. The molecule has 0 aliphatic carbocycles. The fourth-order valence-electron chi connectivity index (χ4n) is 3.95. The smallest absolute Gasteiger partial charge is 0.320 e. The summed E-state index contributed by atoms with van der Waals surface area (Å²) < 4.78 is 33.8. The van der Waals surface area contributed by atoms with E-state index in [1.807, 2.05) is 9.80 Å². The number of sulfonamides is 1. The fraction of sp³-hybridized carbons (Fsp3) is 0.444. The highest BCUT2D eigenvalue weighted by Crippen LogP contribution is 2.31. The maximum Gasteiger partial charge on any atom is 0.320 e. The van der Waals surface area contributed by atoms with Crippen molar-refractivity contribution in [3.8, 4) is 0 Å². The van der Waals surface area contributed by atoms with Crippen molar-refractivity contribution >= 4 is 37.6 Å². The van der Waals surface area contributed by atoms with Crippen LogP contribution in [0.25, 0.3) is 10.2 Å². The lowest BCUT2D eigenvalue weighted by molar-refractivity contribution is 0.0452. The maximum atomic E-state index is 13.1. The Balaban J connectivity index is 1.28. The van der Waals surface area contributed by atoms with Crippen molar-refractivity contribution in [2.24, 2.45) is 0 Å². The number of fused-ring (bicyclic) bond motifs is 1. The lowest BCUT2D eigenvalue weighted by Crippen LogP contribution is -2.48. The Bertz CT molecular complexity index is 1050. The number of aromatic nitrogens is 1. The van der Waals surface area contributed by atoms with Gasteiger partial charge < -0.3 is 14.5 Å². The zero-order chi connectivity index (χ0) is 19.3. The van der Waals surface area contributed by atoms with Gasteiger partial charge in [0.15, 0.2) is 0 Å². The predicted octanol–water partition coefficient (Wildman–Crippen LogP) is 1.37. The number of urea groups is 1. The van der Waals surface area contributed by atoms with Crippen molar-refractivity contribution in [2.45, 2.75) is 4.90 Å². The number of morpholine rings is 1. The number of ether oxygens (including phenoxy) is 1. The number of carbonyl (C=O) groups is 1. The quantitative estimate of drug-likeness (QED) is 0.685. The molecule has 0 saturated carbocycles. The third kappa shape index (κ3) is 3.00. The number of nitrogens with zero attached hydrogens (tertiary/aromatic N) is 4. The SMILES string of the molecule is O=C(N1CCOCC1)N1CC2=C(C1)CN(S(=O)(=O)c1ccc3ncsc3c1)C2. The fourth-order valence-corrected chi connectivity index (χ4v) is 6.20. The third-order valence-electron chi connectivity index (χ3n) is 5.49. The zero-order valence-corrected chi connectivity index (χ0v) is 16.8. The van der Waals surface area contributed by atoms with Crippen molar-refractivity contribution in [1.82, 2.24) is 19.1 Å². The van der Waals surface area contributed by atoms with Crippen molar-refractivity contribution < 1.29 is 17.9 Å². The highest BCUT2D eigenvalue weighted by atomic mass is 32.2. The number of thiazole rings is 1. The first-order valence-electron chi connectivity index (χ1n) is 9.17. The molecule has 0 spiro atoms. The molecule has 1 aromatic heterocycles. The van der Waals surface area contributed by atoms with Gasteiger partial charge in [-0.3, -0.25) is 0 Å². The van der Waals surface area contributed by atoms with Crippen molar-refractivity contribution in [1.29, 1.82) is 0 Å². The van der Waals surface area contributed by atoms with Gasteiger partial charge in [-0.25, -0.2) is 18.2 Å². The normalized spacial score (nSPS) is 21.0. The molecule has 5 rings (SSSR count). The van der Waals surface area contributed by atoms with Gasteiger partial charge in [0.1, 0.15) is 0 Å². The lowest BCUT2D eigenvalue weighted by Gasteiger charge is -2.32. The van der Waals surface area contributed by atoms with E-state index in [0.29, 0.717) is 57.4 Å². The summed E-state index contributed by atoms with van der Waals surface area (Å²) in [4.78, 5) is 20.8. The molecule has 0 unspecified atom stereocenters. The van der Waals surface area contributed by atoms with Crippen LogP contribution in [0.4, 0.5) is 4.79 Å². The summed E-state index contributed by atoms with van der Waals surface area (Å²) in [5.41, 5.74) is 4.61. The number of amides is 2. The third-order valence-corrected chi connectivity index (χ3v) is 8.07. The number of hydrogen-bond acceptors (Lipinski definition) is 6. The maximum absolute atomic E-state index is 13.1. The molecule has 0 radical (unpaired) electrons. The van der Waals surface area contributed by atoms with E-state index in [1.54, 1.807) is 23.7 Å². The second-order valence-corrected chi connectivity index (χ2v) is 10.0. The summed E-state index contributed by atoms with van der Waals surface area (Å²) in [6.07, 6.45) is 0. The molecule has 0 atom stereocenters. The molecular weight excluding hydrogens is 400 g/mol. The lowest BCUT2D eigenvalue weighted by atomic mass is 10.2. The number of hydrogen-bond donors (Lipinski definition) is 0. The number of benzene rings is 1. The van der Waals surface area contributed by atoms with Gasteiger partial charge in [0.2, 0.25) is 10.0 Å². The average molecular weight is 421 g/mol. The highest BCUT2D eigenvalue weighted by Gasteiger charge is 2.38. The molecule has 1 fully saturated rings. The predicted molar refractivity (Wildman–Crippen MR) is 105 cm³/mol. The van der Waals surface area contributed by atoms with Gasteiger partial charge in [0.25, 0.3) is 0 Å². The molecule has 1 saturated heterocycles. The van der Waals surface area contributed by atoms with Gasteiger partial charge in [0.05, 0.1) is 33.8 Å². The first kappa shape index (κ1) is 18.0. The van der Waals surface area contributed by atoms with Crippen molar-refractivity contribution in [2.75, 3.05) is 52.5 Å². The minimum atomic E-state index is -3.57. The van der Waals surface area contributed by atoms with Gasteiger partial charge in [-0.2, -0.15) is 4.31 Å². The largest absolute Gasteiger partial charge is 0.378 e. The zero-order valence-electron chi connectivity index (χ0n) is 15.2. The Labute approximate surface area is 167 Å². The standard InChI is InChI=1S/C18H20N4O4S2/c23-18(20-3-5-26-6-4-20)21-8-13-10-22(11-14(13)9-21)28(24,25)15-1-2-16-17(7-15)27-12-19-16/h1-2,7,12H,3-6,8-11H2. The molecule has 28 heavy (non-hydrogen) atoms. The first-order valence-corrected chi connectivity index (χ1v) is 11.5. The summed E-state index contributed by atoms with van der Waals surface area (Å²) in [6.45, 7) is 4.08. The highest BCUT2D eigenvalue weighted by molar-refractivity contribution is 7.89. The molecule has 2 amide bonds. The first-order chi connectivity index (χ1) is 13.5. The number of carbonyl (C=O) groups excluding carboxylic acids is 1. The van der Waals surface area contributed by atoms with Crippen LogP contribution in [0.2, 0.25) is 0 Å². The monoisotopic (exact) mass is 420 g/mol. The minimum Gasteiger partial charge on any atom is -0.378 e. The molecule has 8 nitrogen and oxygen atoms in total. The van der Waals surface area contributed by atoms with Gasteiger partial charge in [-0.15, -0.1) is 11.3 Å². The van der Waals surface area contributed by atoms with E-state index in [1.165, 1.54) is 15.6 Å². The van der Waals surface area contributed by atoms with E-state index in [2.05, 4.69) is 4.98 Å². The summed E-state index contributed by atoms with van der Waals surface area (Å²) >= 11 is 1.43. The summed E-state index contributed by atoms with van der Waals surface area (Å²) in [7, 11) is -3.57. The van der Waals surface area contributed by atoms with Crippen molar-refractivity contribution in [3.05, 3.63) is 34.9 Å². The molecule has 0 N–H and O–H groups in total. The van der Waals surface area contributed by atoms with Crippen LogP contribution in [-0.2, 0) is 14.8 Å². The van der Waals surface area contributed by atoms with Crippen molar-refractivity contribution in [3.63, 3.8) is 0 Å². The Morgan fingerprint density at radius 2 is 1.75 bits per heavy atom. The second kappa shape index (κ2) is 6.80. The van der Waals surface area contributed by atoms with Crippen LogP contribution in [0.15, 0.2) is 39.8 Å². The van der Waals surface area contributed by atoms with E-state index in [-0.39, 0.29) is 6.03 Å². The van der Waals surface area contributed by atoms with E-state index in [0.717, 1.165) is 21.4 Å². The van der Waals surface area contributed by atoms with E-state index in [9.17, 15) is 13.2 Å². The summed E-state index contributed by atoms with van der Waals surface area (Å²) in [6, 6.07) is 5.08. The molecular formula is C18H20N4O4S2. The topological polar surface area (TPSA) is 83.0 Å². The molecule has 10 heteroatoms. The van der Waals surface area contributed by atoms with Gasteiger partial charge in [-0.05, 0) is 29.3 Å². The molecule has 3 aliphatic rings. The minimum absolute atomic E-state index is 0.0164. The van der Waals surface area contributed by atoms with Crippen LogP contribution in [0.1, 0.15) is 0 Å². The van der Waals surface area contributed by atoms with Gasteiger partial charge >= 0.3 is 6.03 Å². The van der Waals surface area contributed by atoms with Crippen LogP contribution in [0.3, 0.4) is 0 Å². The second-order valence-electron chi connectivity index (χ2n) is 7.20. The molecule has 4 heterocycles. The summed E-state index contributed by atoms with van der Waals surface area (Å²) in [5, 5.41) is 0. The van der Waals surface area contributed by atoms with E-state index in [4.69, 9.17) is 4.74 Å². The van der Waals surface area contributed by atoms with Crippen LogP contribution in [0, 0.1) is 0 Å². The van der Waals surface area contributed by atoms with Crippen LogP contribution >= 0.6 is 11.3 Å². The molecule has 3 aliphatic heterocycles. The molecule has 1 aromatic carbocycles. The molecule has 2 aromatic rings. The Hall–Kier alpha value is -2.01. The average Bonchev–Trinajstić information content (AvgIpc) is 3.41. The molecule has 148 valence electrons. The number of rotatable bonds is 2. The Morgan fingerprint density at radius 3 is 2.46 bits per heavy atom. The van der Waals surface area contributed by atoms with E-state index >= 15 is 0 Å². The van der Waals surface area contributed by atoms with Crippen LogP contribution < -0.4 is 0 Å². The van der Waals surface area contributed by atoms with Gasteiger partial charge in [0, 0.05) is 39.3 Å².